The third kappa shape index (κ3) is 2.33. The molecule has 0 aliphatic heterocycles. The van der Waals surface area contributed by atoms with Gasteiger partial charge in [0.15, 0.2) is 5.78 Å². The van der Waals surface area contributed by atoms with Crippen LogP contribution in [0.25, 0.3) is 0 Å². The summed E-state index contributed by atoms with van der Waals surface area (Å²) in [5, 5.41) is 10.5. The van der Waals surface area contributed by atoms with Crippen molar-refractivity contribution in [2.75, 3.05) is 0 Å². The van der Waals surface area contributed by atoms with Gasteiger partial charge in [-0.25, -0.2) is 0 Å². The van der Waals surface area contributed by atoms with E-state index in [1.165, 1.54) is 6.07 Å². The summed E-state index contributed by atoms with van der Waals surface area (Å²) in [7, 11) is 0. The summed E-state index contributed by atoms with van der Waals surface area (Å²) in [6, 6.07) is 4.68. The molecule has 4 heteroatoms. The average molecular weight is 245 g/mol. The number of carbonyl (C=O) groups is 1. The van der Waals surface area contributed by atoms with Crippen molar-refractivity contribution >= 4 is 29.0 Å². The Kier molecular flexibility index (Phi) is 3.01. The second-order valence-corrected chi connectivity index (χ2v) is 4.61. The van der Waals surface area contributed by atoms with Crippen LogP contribution in [0.15, 0.2) is 18.2 Å². The van der Waals surface area contributed by atoms with Crippen molar-refractivity contribution in [3.63, 3.8) is 0 Å². The minimum Gasteiger partial charge on any atom is -0.385 e. The standard InChI is InChI=1S/C11H10Cl2O2/c12-7-3-4-9(13)8(5-7)11(15)10(14)6-1-2-6/h3-6,10,14H,1-2H2. The molecular formula is C11H10Cl2O2. The fourth-order valence-electron chi connectivity index (χ4n) is 1.47. The third-order valence-electron chi connectivity index (χ3n) is 2.53. The van der Waals surface area contributed by atoms with Crippen molar-refractivity contribution in [3.05, 3.63) is 33.8 Å². The summed E-state index contributed by atoms with van der Waals surface area (Å²) in [6.07, 6.45) is 0.886. The number of carbonyl (C=O) groups excluding carboxylic acids is 1. The molecule has 0 heterocycles. The zero-order valence-electron chi connectivity index (χ0n) is 7.91. The van der Waals surface area contributed by atoms with E-state index in [-0.39, 0.29) is 11.7 Å². The number of ketones is 1. The van der Waals surface area contributed by atoms with Crippen molar-refractivity contribution in [1.29, 1.82) is 0 Å². The predicted octanol–water partition coefficient (Wildman–Crippen LogP) is 2.95. The van der Waals surface area contributed by atoms with Gasteiger partial charge in [-0.15, -0.1) is 0 Å². The van der Waals surface area contributed by atoms with E-state index in [1.807, 2.05) is 0 Å². The van der Waals surface area contributed by atoms with E-state index in [1.54, 1.807) is 12.1 Å². The molecule has 2 rings (SSSR count). The Bertz CT molecular complexity index is 400. The Hall–Kier alpha value is -0.570. The molecule has 1 saturated carbocycles. The second kappa shape index (κ2) is 4.12. The first-order valence-electron chi connectivity index (χ1n) is 4.77. The topological polar surface area (TPSA) is 37.3 Å². The van der Waals surface area contributed by atoms with Crippen LogP contribution in [0.5, 0.6) is 0 Å². The van der Waals surface area contributed by atoms with Gasteiger partial charge in [-0.2, -0.15) is 0 Å². The first-order chi connectivity index (χ1) is 7.09. The van der Waals surface area contributed by atoms with Crippen molar-refractivity contribution in [2.24, 2.45) is 5.92 Å². The van der Waals surface area contributed by atoms with Crippen molar-refractivity contribution in [3.8, 4) is 0 Å². The Balaban J connectivity index is 2.27. The van der Waals surface area contributed by atoms with Crippen LogP contribution in [0.2, 0.25) is 10.0 Å². The summed E-state index contributed by atoms with van der Waals surface area (Å²) >= 11 is 11.6. The van der Waals surface area contributed by atoms with Crippen LogP contribution in [-0.4, -0.2) is 17.0 Å². The van der Waals surface area contributed by atoms with E-state index >= 15 is 0 Å². The molecule has 1 aromatic rings. The summed E-state index contributed by atoms with van der Waals surface area (Å²) in [5.41, 5.74) is 0.309. The largest absolute Gasteiger partial charge is 0.385 e. The summed E-state index contributed by atoms with van der Waals surface area (Å²) < 4.78 is 0. The van der Waals surface area contributed by atoms with E-state index in [0.717, 1.165) is 12.8 Å². The lowest BCUT2D eigenvalue weighted by atomic mass is 10.0. The minimum absolute atomic E-state index is 0.104. The molecule has 2 nitrogen and oxygen atoms in total. The molecule has 1 unspecified atom stereocenters. The van der Waals surface area contributed by atoms with Crippen LogP contribution in [0.1, 0.15) is 23.2 Å². The zero-order chi connectivity index (χ0) is 11.0. The Labute approximate surface area is 97.8 Å². The fourth-order valence-corrected chi connectivity index (χ4v) is 1.85. The summed E-state index contributed by atoms with van der Waals surface area (Å²) in [4.78, 5) is 11.8. The first-order valence-corrected chi connectivity index (χ1v) is 5.52. The first kappa shape index (κ1) is 10.9. The number of hydrogen-bond donors (Lipinski definition) is 1. The van der Waals surface area contributed by atoms with Crippen molar-refractivity contribution < 1.29 is 9.90 Å². The molecule has 1 aromatic carbocycles. The van der Waals surface area contributed by atoms with Crippen molar-refractivity contribution in [1.82, 2.24) is 0 Å². The van der Waals surface area contributed by atoms with E-state index in [4.69, 9.17) is 23.2 Å². The molecule has 1 fully saturated rings. The van der Waals surface area contributed by atoms with Gasteiger partial charge in [0.05, 0.1) is 5.02 Å². The highest BCUT2D eigenvalue weighted by molar-refractivity contribution is 6.36. The molecule has 0 radical (unpaired) electrons. The second-order valence-electron chi connectivity index (χ2n) is 3.77. The van der Waals surface area contributed by atoms with Crippen LogP contribution < -0.4 is 0 Å². The molecule has 1 N–H and O–H groups in total. The maximum Gasteiger partial charge on any atom is 0.193 e. The molecule has 1 aliphatic rings. The Morgan fingerprint density at radius 1 is 1.40 bits per heavy atom. The minimum atomic E-state index is -0.930. The van der Waals surface area contributed by atoms with Crippen LogP contribution in [0, 0.1) is 5.92 Å². The van der Waals surface area contributed by atoms with E-state index < -0.39 is 6.10 Å². The molecule has 80 valence electrons. The van der Waals surface area contributed by atoms with Crippen LogP contribution in [0.4, 0.5) is 0 Å². The molecule has 1 atom stereocenters. The normalized spacial score (nSPS) is 17.5. The van der Waals surface area contributed by atoms with Gasteiger partial charge in [0.2, 0.25) is 0 Å². The molecule has 0 spiro atoms. The number of aliphatic hydroxyl groups excluding tert-OH is 1. The Morgan fingerprint density at radius 2 is 2.07 bits per heavy atom. The zero-order valence-corrected chi connectivity index (χ0v) is 9.42. The van der Waals surface area contributed by atoms with E-state index in [9.17, 15) is 9.90 Å². The van der Waals surface area contributed by atoms with Gasteiger partial charge in [-0.05, 0) is 37.0 Å². The predicted molar refractivity (Wildman–Crippen MR) is 59.5 cm³/mol. The van der Waals surface area contributed by atoms with Gasteiger partial charge < -0.3 is 5.11 Å². The molecule has 0 saturated heterocycles. The number of hydrogen-bond acceptors (Lipinski definition) is 2. The summed E-state index contributed by atoms with van der Waals surface area (Å²) in [6.45, 7) is 0. The molecule has 0 aromatic heterocycles. The molecule has 0 amide bonds. The van der Waals surface area contributed by atoms with Crippen LogP contribution in [0.3, 0.4) is 0 Å². The van der Waals surface area contributed by atoms with E-state index in [0.29, 0.717) is 15.6 Å². The van der Waals surface area contributed by atoms with Gasteiger partial charge in [0.1, 0.15) is 6.10 Å². The van der Waals surface area contributed by atoms with E-state index in [2.05, 4.69) is 0 Å². The maximum atomic E-state index is 11.8. The lowest BCUT2D eigenvalue weighted by Gasteiger charge is -2.09. The molecule has 15 heavy (non-hydrogen) atoms. The highest BCUT2D eigenvalue weighted by atomic mass is 35.5. The highest BCUT2D eigenvalue weighted by Crippen LogP contribution is 2.35. The number of aliphatic hydroxyl groups is 1. The molecule has 1 aliphatic carbocycles. The lowest BCUT2D eigenvalue weighted by molar-refractivity contribution is 0.0704. The van der Waals surface area contributed by atoms with Gasteiger partial charge in [-0.3, -0.25) is 4.79 Å². The third-order valence-corrected chi connectivity index (χ3v) is 3.10. The maximum absolute atomic E-state index is 11.8. The van der Waals surface area contributed by atoms with Gasteiger partial charge >= 0.3 is 0 Å². The van der Waals surface area contributed by atoms with Crippen LogP contribution >= 0.6 is 23.2 Å². The highest BCUT2D eigenvalue weighted by Gasteiger charge is 2.35. The molecular weight excluding hydrogens is 235 g/mol. The van der Waals surface area contributed by atoms with Crippen LogP contribution in [-0.2, 0) is 0 Å². The lowest BCUT2D eigenvalue weighted by Crippen LogP contribution is -2.22. The summed E-state index contributed by atoms with van der Waals surface area (Å²) in [5.74, 6) is -0.224. The Morgan fingerprint density at radius 3 is 2.67 bits per heavy atom. The number of rotatable bonds is 3. The van der Waals surface area contributed by atoms with Gasteiger partial charge in [0, 0.05) is 10.6 Å². The SMILES string of the molecule is O=C(c1cc(Cl)ccc1Cl)C(O)C1CC1. The quantitative estimate of drug-likeness (QED) is 0.831. The van der Waals surface area contributed by atoms with Gasteiger partial charge in [0.25, 0.3) is 0 Å². The number of halogens is 2. The number of benzene rings is 1. The smallest absolute Gasteiger partial charge is 0.193 e. The van der Waals surface area contributed by atoms with Gasteiger partial charge in [-0.1, -0.05) is 23.2 Å². The monoisotopic (exact) mass is 244 g/mol. The van der Waals surface area contributed by atoms with Crippen molar-refractivity contribution in [2.45, 2.75) is 18.9 Å². The molecule has 0 bridgehead atoms. The number of Topliss-reactive ketones (excluding diaryl/α,β-unsaturated/α-hetero) is 1. The average Bonchev–Trinajstić information content (AvgIpc) is 3.03. The fraction of sp³-hybridized carbons (Fsp3) is 0.364.